The second kappa shape index (κ2) is 7.88. The molecule has 0 bridgehead atoms. The van der Waals surface area contributed by atoms with Crippen LogP contribution in [0.3, 0.4) is 0 Å². The summed E-state index contributed by atoms with van der Waals surface area (Å²) in [5.74, 6) is 1.33. The van der Waals surface area contributed by atoms with Crippen molar-refractivity contribution in [2.24, 2.45) is 5.92 Å². The maximum atomic E-state index is 11.8. The van der Waals surface area contributed by atoms with Crippen molar-refractivity contribution in [3.05, 3.63) is 24.3 Å². The Morgan fingerprint density at radius 2 is 2.10 bits per heavy atom. The molecule has 2 amide bonds. The lowest BCUT2D eigenvalue weighted by molar-refractivity contribution is 0.187. The Hall–Kier alpha value is -1.75. The number of carbonyl (C=O) groups excluding carboxylic acids is 1. The van der Waals surface area contributed by atoms with Gasteiger partial charge in [0.25, 0.3) is 0 Å². The molecule has 0 spiro atoms. The van der Waals surface area contributed by atoms with Gasteiger partial charge in [-0.3, -0.25) is 0 Å². The van der Waals surface area contributed by atoms with E-state index in [1.54, 1.807) is 26.0 Å². The highest BCUT2D eigenvalue weighted by atomic mass is 16.5. The number of hydrogen-bond acceptors (Lipinski definition) is 3. The van der Waals surface area contributed by atoms with Crippen molar-refractivity contribution < 1.29 is 14.6 Å². The minimum atomic E-state index is -0.657. The van der Waals surface area contributed by atoms with Crippen LogP contribution in [-0.2, 0) is 0 Å². The zero-order valence-corrected chi connectivity index (χ0v) is 13.3. The van der Waals surface area contributed by atoms with Gasteiger partial charge in [0.2, 0.25) is 0 Å². The van der Waals surface area contributed by atoms with Gasteiger partial charge >= 0.3 is 6.03 Å². The summed E-state index contributed by atoms with van der Waals surface area (Å²) in [7, 11) is 0. The number of benzene rings is 1. The monoisotopic (exact) mass is 294 g/mol. The summed E-state index contributed by atoms with van der Waals surface area (Å²) >= 11 is 0. The summed E-state index contributed by atoms with van der Waals surface area (Å²) < 4.78 is 5.65. The quantitative estimate of drug-likeness (QED) is 0.724. The topological polar surface area (TPSA) is 70.6 Å². The van der Waals surface area contributed by atoms with Crippen molar-refractivity contribution in [1.29, 1.82) is 0 Å². The molecule has 1 aromatic rings. The van der Waals surface area contributed by atoms with Gasteiger partial charge in [0.15, 0.2) is 0 Å². The number of aliphatic hydroxyl groups excluding tert-OH is 1. The molecule has 0 saturated heterocycles. The van der Waals surface area contributed by atoms with Crippen molar-refractivity contribution in [2.45, 2.75) is 39.7 Å². The van der Waals surface area contributed by atoms with Crippen molar-refractivity contribution in [1.82, 2.24) is 5.32 Å². The third kappa shape index (κ3) is 6.99. The van der Waals surface area contributed by atoms with Crippen LogP contribution in [0.1, 0.15) is 34.1 Å². The van der Waals surface area contributed by atoms with E-state index >= 15 is 0 Å². The Morgan fingerprint density at radius 3 is 2.71 bits per heavy atom. The molecule has 1 rings (SSSR count). The normalized spacial score (nSPS) is 11.3. The number of rotatable bonds is 7. The molecule has 21 heavy (non-hydrogen) atoms. The van der Waals surface area contributed by atoms with E-state index in [1.807, 2.05) is 12.1 Å². The lowest BCUT2D eigenvalue weighted by Crippen LogP contribution is -2.48. The molecule has 5 heteroatoms. The molecule has 0 aliphatic rings. The number of amides is 2. The summed E-state index contributed by atoms with van der Waals surface area (Å²) in [6.07, 6.45) is 0.989. The van der Waals surface area contributed by atoms with Gasteiger partial charge in [-0.1, -0.05) is 19.9 Å². The molecule has 0 heterocycles. The summed E-state index contributed by atoms with van der Waals surface area (Å²) in [6, 6.07) is 6.92. The molecule has 0 aliphatic heterocycles. The number of nitrogens with one attached hydrogen (secondary N) is 2. The number of hydrogen-bond donors (Lipinski definition) is 3. The number of aliphatic hydroxyl groups is 1. The predicted molar refractivity (Wildman–Crippen MR) is 84.7 cm³/mol. The van der Waals surface area contributed by atoms with Gasteiger partial charge < -0.3 is 20.5 Å². The predicted octanol–water partition coefficient (Wildman–Crippen LogP) is 3.00. The van der Waals surface area contributed by atoms with E-state index in [-0.39, 0.29) is 12.6 Å². The molecule has 5 nitrogen and oxygen atoms in total. The van der Waals surface area contributed by atoms with E-state index in [0.717, 1.165) is 12.2 Å². The number of ether oxygens (including phenoxy) is 1. The van der Waals surface area contributed by atoms with Gasteiger partial charge in [-0.2, -0.15) is 0 Å². The molecule has 0 radical (unpaired) electrons. The fraction of sp³-hybridized carbons (Fsp3) is 0.562. The van der Waals surface area contributed by atoms with Gasteiger partial charge in [-0.05, 0) is 38.3 Å². The molecule has 0 aromatic heterocycles. The van der Waals surface area contributed by atoms with E-state index in [1.165, 1.54) is 0 Å². The highest BCUT2D eigenvalue weighted by molar-refractivity contribution is 5.89. The first-order chi connectivity index (χ1) is 9.82. The van der Waals surface area contributed by atoms with Crippen molar-refractivity contribution in [3.63, 3.8) is 0 Å². The summed E-state index contributed by atoms with van der Waals surface area (Å²) in [6.45, 7) is 8.32. The average Bonchev–Trinajstić information content (AvgIpc) is 2.38. The van der Waals surface area contributed by atoms with E-state index in [9.17, 15) is 4.79 Å². The Bertz CT molecular complexity index is 459. The number of carbonyl (C=O) groups is 1. The second-order valence-electron chi connectivity index (χ2n) is 6.18. The van der Waals surface area contributed by atoms with Gasteiger partial charge in [0, 0.05) is 11.8 Å². The van der Waals surface area contributed by atoms with Crippen LogP contribution < -0.4 is 15.4 Å². The first-order valence-electron chi connectivity index (χ1n) is 7.25. The van der Waals surface area contributed by atoms with E-state index in [4.69, 9.17) is 9.84 Å². The molecule has 0 unspecified atom stereocenters. The Morgan fingerprint density at radius 1 is 1.38 bits per heavy atom. The van der Waals surface area contributed by atoms with Crippen LogP contribution in [0, 0.1) is 5.92 Å². The highest BCUT2D eigenvalue weighted by Gasteiger charge is 2.18. The van der Waals surface area contributed by atoms with E-state index in [2.05, 4.69) is 24.5 Å². The van der Waals surface area contributed by atoms with E-state index in [0.29, 0.717) is 18.2 Å². The highest BCUT2D eigenvalue weighted by Crippen LogP contribution is 2.18. The molecular weight excluding hydrogens is 268 g/mol. The molecule has 0 fully saturated rings. The van der Waals surface area contributed by atoms with Crippen LogP contribution in [0.15, 0.2) is 24.3 Å². The molecule has 1 aromatic carbocycles. The minimum Gasteiger partial charge on any atom is -0.494 e. The lowest BCUT2D eigenvalue weighted by Gasteiger charge is -2.23. The first-order valence-corrected chi connectivity index (χ1v) is 7.25. The Labute approximate surface area is 126 Å². The molecular formula is C16H26N2O3. The standard InChI is InChI=1S/C16H26N2O3/c1-12(2)8-9-21-14-7-5-6-13(10-14)17-15(20)18-16(3,4)11-19/h5-7,10,12,19H,8-9,11H2,1-4H3,(H2,17,18,20). The maximum Gasteiger partial charge on any atom is 0.319 e. The second-order valence-corrected chi connectivity index (χ2v) is 6.18. The molecule has 0 saturated carbocycles. The van der Waals surface area contributed by atoms with Crippen LogP contribution in [-0.4, -0.2) is 29.9 Å². The van der Waals surface area contributed by atoms with Crippen LogP contribution >= 0.6 is 0 Å². The fourth-order valence-electron chi connectivity index (χ4n) is 1.59. The van der Waals surface area contributed by atoms with Crippen LogP contribution in [0.2, 0.25) is 0 Å². The molecule has 3 N–H and O–H groups in total. The third-order valence-corrected chi connectivity index (χ3v) is 2.90. The van der Waals surface area contributed by atoms with Crippen molar-refractivity contribution in [3.8, 4) is 5.75 Å². The zero-order chi connectivity index (χ0) is 15.9. The van der Waals surface area contributed by atoms with Crippen LogP contribution in [0.5, 0.6) is 5.75 Å². The molecule has 118 valence electrons. The average molecular weight is 294 g/mol. The van der Waals surface area contributed by atoms with Crippen LogP contribution in [0.25, 0.3) is 0 Å². The van der Waals surface area contributed by atoms with Gasteiger partial charge in [0.1, 0.15) is 5.75 Å². The van der Waals surface area contributed by atoms with Gasteiger partial charge in [-0.15, -0.1) is 0 Å². The summed E-state index contributed by atoms with van der Waals surface area (Å²) in [5, 5.41) is 14.6. The SMILES string of the molecule is CC(C)CCOc1cccc(NC(=O)NC(C)(C)CO)c1. The number of anilines is 1. The lowest BCUT2D eigenvalue weighted by atomic mass is 10.1. The van der Waals surface area contributed by atoms with Gasteiger partial charge in [-0.25, -0.2) is 4.79 Å². The zero-order valence-electron chi connectivity index (χ0n) is 13.3. The third-order valence-electron chi connectivity index (χ3n) is 2.90. The van der Waals surface area contributed by atoms with Crippen molar-refractivity contribution in [2.75, 3.05) is 18.5 Å². The maximum absolute atomic E-state index is 11.8. The van der Waals surface area contributed by atoms with E-state index < -0.39 is 5.54 Å². The summed E-state index contributed by atoms with van der Waals surface area (Å²) in [4.78, 5) is 11.8. The van der Waals surface area contributed by atoms with Crippen LogP contribution in [0.4, 0.5) is 10.5 Å². The van der Waals surface area contributed by atoms with Crippen molar-refractivity contribution >= 4 is 11.7 Å². The van der Waals surface area contributed by atoms with Gasteiger partial charge in [0.05, 0.1) is 18.8 Å². The minimum absolute atomic E-state index is 0.126. The molecule has 0 atom stereocenters. The smallest absolute Gasteiger partial charge is 0.319 e. The summed E-state index contributed by atoms with van der Waals surface area (Å²) in [5.41, 5.74) is -0.00146. The number of urea groups is 1. The first kappa shape index (κ1) is 17.3. The Balaban J connectivity index is 2.54. The fourth-order valence-corrected chi connectivity index (χ4v) is 1.59. The Kier molecular flexibility index (Phi) is 6.49. The largest absolute Gasteiger partial charge is 0.494 e. The molecule has 0 aliphatic carbocycles.